The van der Waals surface area contributed by atoms with Gasteiger partial charge in [0.1, 0.15) is 5.82 Å². The van der Waals surface area contributed by atoms with E-state index >= 15 is 0 Å². The van der Waals surface area contributed by atoms with Gasteiger partial charge in [-0.3, -0.25) is 0 Å². The predicted molar refractivity (Wildman–Crippen MR) is 65.2 cm³/mol. The number of nitrogens with zero attached hydrogens (tertiary/aromatic N) is 1. The summed E-state index contributed by atoms with van der Waals surface area (Å²) >= 11 is 0. The van der Waals surface area contributed by atoms with Crippen LogP contribution in [0.3, 0.4) is 0 Å². The maximum Gasteiger partial charge on any atom is 0.126 e. The molecule has 1 aromatic rings. The highest BCUT2D eigenvalue weighted by atomic mass is 15.0. The standard InChI is InChI=1S/C12H21N3/c1-12(2,3)10-6-9(8-13-4)7-11(14-5)15-10/h6-7,13H,8H2,1-5H3,(H,14,15). The normalized spacial score (nSPS) is 11.5. The molecule has 1 rings (SSSR count). The van der Waals surface area contributed by atoms with Gasteiger partial charge in [0.25, 0.3) is 0 Å². The Balaban J connectivity index is 3.11. The van der Waals surface area contributed by atoms with E-state index in [0.29, 0.717) is 0 Å². The van der Waals surface area contributed by atoms with Gasteiger partial charge in [-0.2, -0.15) is 0 Å². The van der Waals surface area contributed by atoms with Gasteiger partial charge in [-0.05, 0) is 24.7 Å². The summed E-state index contributed by atoms with van der Waals surface area (Å²) in [6, 6.07) is 4.24. The highest BCUT2D eigenvalue weighted by Gasteiger charge is 2.16. The fourth-order valence-corrected chi connectivity index (χ4v) is 1.41. The maximum atomic E-state index is 4.57. The van der Waals surface area contributed by atoms with Crippen molar-refractivity contribution in [2.24, 2.45) is 0 Å². The van der Waals surface area contributed by atoms with Crippen LogP contribution in [0.2, 0.25) is 0 Å². The van der Waals surface area contributed by atoms with Crippen LogP contribution in [-0.4, -0.2) is 19.1 Å². The van der Waals surface area contributed by atoms with Gasteiger partial charge < -0.3 is 10.6 Å². The highest BCUT2D eigenvalue weighted by Crippen LogP contribution is 2.23. The van der Waals surface area contributed by atoms with Gasteiger partial charge in [0.05, 0.1) is 0 Å². The minimum absolute atomic E-state index is 0.0926. The summed E-state index contributed by atoms with van der Waals surface area (Å²) in [6.07, 6.45) is 0. The van der Waals surface area contributed by atoms with Crippen molar-refractivity contribution in [2.75, 3.05) is 19.4 Å². The maximum absolute atomic E-state index is 4.57. The molecule has 0 aromatic carbocycles. The number of hydrogen-bond donors (Lipinski definition) is 2. The van der Waals surface area contributed by atoms with Gasteiger partial charge in [0.15, 0.2) is 0 Å². The zero-order valence-corrected chi connectivity index (χ0v) is 10.3. The Hall–Kier alpha value is -1.09. The van der Waals surface area contributed by atoms with Gasteiger partial charge in [-0.25, -0.2) is 4.98 Å². The molecule has 84 valence electrons. The second-order valence-electron chi connectivity index (χ2n) is 4.78. The van der Waals surface area contributed by atoms with Gasteiger partial charge >= 0.3 is 0 Å². The topological polar surface area (TPSA) is 37.0 Å². The van der Waals surface area contributed by atoms with Gasteiger partial charge in [-0.15, -0.1) is 0 Å². The molecular weight excluding hydrogens is 186 g/mol. The van der Waals surface area contributed by atoms with E-state index in [1.165, 1.54) is 5.56 Å². The van der Waals surface area contributed by atoms with E-state index in [4.69, 9.17) is 0 Å². The lowest BCUT2D eigenvalue weighted by molar-refractivity contribution is 0.568. The van der Waals surface area contributed by atoms with Crippen molar-refractivity contribution in [3.05, 3.63) is 23.4 Å². The molecule has 0 fully saturated rings. The van der Waals surface area contributed by atoms with Crippen LogP contribution in [0.25, 0.3) is 0 Å². The second-order valence-corrected chi connectivity index (χ2v) is 4.78. The van der Waals surface area contributed by atoms with Gasteiger partial charge in [0.2, 0.25) is 0 Å². The van der Waals surface area contributed by atoms with Crippen molar-refractivity contribution in [1.82, 2.24) is 10.3 Å². The Labute approximate surface area is 92.3 Å². The Bertz CT molecular complexity index is 326. The molecule has 0 saturated carbocycles. The van der Waals surface area contributed by atoms with E-state index in [2.05, 4.69) is 48.5 Å². The molecule has 0 aliphatic rings. The number of anilines is 1. The summed E-state index contributed by atoms with van der Waals surface area (Å²) in [5.41, 5.74) is 2.48. The molecule has 0 unspecified atom stereocenters. The molecule has 0 amide bonds. The molecular formula is C12H21N3. The first-order valence-electron chi connectivity index (χ1n) is 5.31. The predicted octanol–water partition coefficient (Wildman–Crippen LogP) is 2.14. The molecule has 0 atom stereocenters. The molecule has 3 nitrogen and oxygen atoms in total. The second kappa shape index (κ2) is 4.62. The van der Waals surface area contributed by atoms with Crippen LogP contribution < -0.4 is 10.6 Å². The number of nitrogens with one attached hydrogen (secondary N) is 2. The summed E-state index contributed by atoms with van der Waals surface area (Å²) in [5, 5.41) is 6.26. The van der Waals surface area contributed by atoms with Crippen LogP contribution in [0.1, 0.15) is 32.0 Å². The minimum atomic E-state index is 0.0926. The average Bonchev–Trinajstić information content (AvgIpc) is 2.16. The Morgan fingerprint density at radius 3 is 2.33 bits per heavy atom. The average molecular weight is 207 g/mol. The van der Waals surface area contributed by atoms with Crippen LogP contribution in [0.15, 0.2) is 12.1 Å². The molecule has 0 saturated heterocycles. The van der Waals surface area contributed by atoms with Crippen LogP contribution in [0.4, 0.5) is 5.82 Å². The summed E-state index contributed by atoms with van der Waals surface area (Å²) in [5.74, 6) is 0.938. The zero-order chi connectivity index (χ0) is 11.5. The third-order valence-electron chi connectivity index (χ3n) is 2.29. The number of aromatic nitrogens is 1. The van der Waals surface area contributed by atoms with E-state index in [1.54, 1.807) is 0 Å². The first kappa shape index (κ1) is 12.0. The van der Waals surface area contributed by atoms with E-state index in [1.807, 2.05) is 14.1 Å². The molecule has 15 heavy (non-hydrogen) atoms. The van der Waals surface area contributed by atoms with E-state index in [0.717, 1.165) is 18.1 Å². The van der Waals surface area contributed by atoms with Gasteiger partial charge in [0, 0.05) is 24.7 Å². The van der Waals surface area contributed by atoms with Crippen LogP contribution >= 0.6 is 0 Å². The molecule has 2 N–H and O–H groups in total. The molecule has 0 bridgehead atoms. The summed E-state index contributed by atoms with van der Waals surface area (Å²) < 4.78 is 0. The Kier molecular flexibility index (Phi) is 3.69. The van der Waals surface area contributed by atoms with Crippen LogP contribution in [0.5, 0.6) is 0 Å². The smallest absolute Gasteiger partial charge is 0.126 e. The summed E-state index contributed by atoms with van der Waals surface area (Å²) in [4.78, 5) is 4.57. The molecule has 0 spiro atoms. The number of hydrogen-bond acceptors (Lipinski definition) is 3. The largest absolute Gasteiger partial charge is 0.373 e. The van der Waals surface area contributed by atoms with Crippen molar-refractivity contribution in [2.45, 2.75) is 32.7 Å². The Morgan fingerprint density at radius 2 is 1.87 bits per heavy atom. The lowest BCUT2D eigenvalue weighted by Crippen LogP contribution is -2.16. The first-order chi connectivity index (χ1) is 6.97. The molecule has 1 heterocycles. The lowest BCUT2D eigenvalue weighted by atomic mass is 9.90. The van der Waals surface area contributed by atoms with E-state index < -0.39 is 0 Å². The fraction of sp³-hybridized carbons (Fsp3) is 0.583. The Morgan fingerprint density at radius 1 is 1.20 bits per heavy atom. The first-order valence-corrected chi connectivity index (χ1v) is 5.31. The van der Waals surface area contributed by atoms with Crippen LogP contribution in [-0.2, 0) is 12.0 Å². The SMILES string of the molecule is CNCc1cc(NC)nc(C(C)(C)C)c1. The molecule has 3 heteroatoms. The summed E-state index contributed by atoms with van der Waals surface area (Å²) in [6.45, 7) is 7.41. The molecule has 0 radical (unpaired) electrons. The van der Waals surface area contributed by atoms with Crippen molar-refractivity contribution >= 4 is 5.82 Å². The number of pyridine rings is 1. The lowest BCUT2D eigenvalue weighted by Gasteiger charge is -2.19. The zero-order valence-electron chi connectivity index (χ0n) is 10.3. The van der Waals surface area contributed by atoms with Crippen molar-refractivity contribution in [3.8, 4) is 0 Å². The molecule has 1 aromatic heterocycles. The van der Waals surface area contributed by atoms with Crippen molar-refractivity contribution < 1.29 is 0 Å². The highest BCUT2D eigenvalue weighted by molar-refractivity contribution is 5.40. The van der Waals surface area contributed by atoms with Crippen LogP contribution in [0, 0.1) is 0 Å². The fourth-order valence-electron chi connectivity index (χ4n) is 1.41. The summed E-state index contributed by atoms with van der Waals surface area (Å²) in [7, 11) is 3.86. The molecule has 0 aliphatic carbocycles. The third kappa shape index (κ3) is 3.20. The number of rotatable bonds is 3. The quantitative estimate of drug-likeness (QED) is 0.797. The van der Waals surface area contributed by atoms with Crippen molar-refractivity contribution in [3.63, 3.8) is 0 Å². The van der Waals surface area contributed by atoms with Crippen molar-refractivity contribution in [1.29, 1.82) is 0 Å². The minimum Gasteiger partial charge on any atom is -0.373 e. The van der Waals surface area contributed by atoms with E-state index in [-0.39, 0.29) is 5.41 Å². The van der Waals surface area contributed by atoms with E-state index in [9.17, 15) is 0 Å². The molecule has 0 aliphatic heterocycles. The van der Waals surface area contributed by atoms with Gasteiger partial charge in [-0.1, -0.05) is 20.8 Å². The monoisotopic (exact) mass is 207 g/mol. The third-order valence-corrected chi connectivity index (χ3v) is 2.29.